The number of hydrogen-bond donors (Lipinski definition) is 2. The third-order valence-electron chi connectivity index (χ3n) is 5.64. The minimum atomic E-state index is -4.38. The number of anilines is 1. The van der Waals surface area contributed by atoms with E-state index in [0.29, 0.717) is 34.0 Å². The quantitative estimate of drug-likeness (QED) is 0.300. The maximum absolute atomic E-state index is 12.9. The van der Waals surface area contributed by atoms with Crippen LogP contribution in [-0.4, -0.2) is 20.9 Å². The lowest BCUT2D eigenvalue weighted by Crippen LogP contribution is -2.14. The van der Waals surface area contributed by atoms with E-state index < -0.39 is 11.7 Å². The summed E-state index contributed by atoms with van der Waals surface area (Å²) >= 11 is 0. The van der Waals surface area contributed by atoms with Crippen LogP contribution in [-0.2, 0) is 6.18 Å². The molecule has 2 N–H and O–H groups in total. The van der Waals surface area contributed by atoms with Crippen molar-refractivity contribution >= 4 is 22.8 Å². The summed E-state index contributed by atoms with van der Waals surface area (Å²) in [6.07, 6.45) is -4.38. The van der Waals surface area contributed by atoms with Crippen molar-refractivity contribution in [3.8, 4) is 22.6 Å². The predicted molar refractivity (Wildman–Crippen MR) is 129 cm³/mol. The van der Waals surface area contributed by atoms with Gasteiger partial charge in [0.05, 0.1) is 16.6 Å². The maximum Gasteiger partial charge on any atom is 0.416 e. The molecule has 5 rings (SSSR count). The summed E-state index contributed by atoms with van der Waals surface area (Å²) in [6, 6.07) is 23.0. The number of carbonyl (C=O) groups excluding carboxylic acids is 1. The Labute approximate surface area is 198 Å². The van der Waals surface area contributed by atoms with E-state index in [-0.39, 0.29) is 5.91 Å². The summed E-state index contributed by atoms with van der Waals surface area (Å²) in [5.74, 6) is 0.634. The van der Waals surface area contributed by atoms with E-state index in [1.54, 1.807) is 43.3 Å². The fourth-order valence-electron chi connectivity index (χ4n) is 3.84. The van der Waals surface area contributed by atoms with E-state index >= 15 is 0 Å². The zero-order valence-corrected chi connectivity index (χ0v) is 18.5. The molecule has 0 spiro atoms. The van der Waals surface area contributed by atoms with Crippen molar-refractivity contribution in [3.05, 3.63) is 102 Å². The molecule has 174 valence electrons. The number of hydrogen-bond acceptors (Lipinski definition) is 3. The van der Waals surface area contributed by atoms with Crippen molar-refractivity contribution in [1.29, 1.82) is 0 Å². The topological polar surface area (TPSA) is 70.7 Å². The summed E-state index contributed by atoms with van der Waals surface area (Å²) in [7, 11) is 0. The molecule has 0 unspecified atom stereocenters. The predicted octanol–water partition coefficient (Wildman–Crippen LogP) is 6.87. The van der Waals surface area contributed by atoms with Crippen molar-refractivity contribution in [2.24, 2.45) is 0 Å². The molecule has 0 atom stereocenters. The lowest BCUT2D eigenvalue weighted by Gasteiger charge is -2.11. The van der Waals surface area contributed by atoms with Gasteiger partial charge in [-0.2, -0.15) is 13.2 Å². The van der Waals surface area contributed by atoms with Gasteiger partial charge in [-0.15, -0.1) is 0 Å². The third-order valence-corrected chi connectivity index (χ3v) is 5.64. The smallest absolute Gasteiger partial charge is 0.337 e. The first-order chi connectivity index (χ1) is 16.8. The van der Waals surface area contributed by atoms with Crippen LogP contribution < -0.4 is 5.32 Å². The number of fused-ring (bicyclic) bond motifs is 1. The number of para-hydroxylation sites is 2. The van der Waals surface area contributed by atoms with Gasteiger partial charge in [-0.1, -0.05) is 42.5 Å². The second-order valence-corrected chi connectivity index (χ2v) is 8.07. The lowest BCUT2D eigenvalue weighted by molar-refractivity contribution is -0.137. The molecule has 3 aromatic carbocycles. The van der Waals surface area contributed by atoms with Crippen LogP contribution in [0.3, 0.4) is 0 Å². The standard InChI is InChI=1S/C27H19F3N4O/c1-16-15-18(17-9-12-19(13-10-17)27(28,29)30)11-14-20(16)26(35)34-24-8-4-7-23(31-24)25-32-21-5-2-3-6-22(21)33-25/h2-15H,1H3,(H,32,33)(H,31,34,35). The van der Waals surface area contributed by atoms with Crippen LogP contribution in [0.5, 0.6) is 0 Å². The number of H-pyrrole nitrogens is 1. The number of nitrogens with one attached hydrogen (secondary N) is 2. The van der Waals surface area contributed by atoms with Gasteiger partial charge >= 0.3 is 6.18 Å². The summed E-state index contributed by atoms with van der Waals surface area (Å²) in [5.41, 5.74) is 4.08. The number of halogens is 3. The Bertz CT molecular complexity index is 1510. The van der Waals surface area contributed by atoms with Gasteiger partial charge in [-0.25, -0.2) is 9.97 Å². The summed E-state index contributed by atoms with van der Waals surface area (Å²) in [4.78, 5) is 25.2. The second kappa shape index (κ2) is 8.72. The fourth-order valence-corrected chi connectivity index (χ4v) is 3.84. The molecule has 2 aromatic heterocycles. The monoisotopic (exact) mass is 472 g/mol. The van der Waals surface area contributed by atoms with Gasteiger partial charge in [0, 0.05) is 5.56 Å². The molecule has 0 bridgehead atoms. The third kappa shape index (κ3) is 4.63. The average Bonchev–Trinajstić information content (AvgIpc) is 3.28. The van der Waals surface area contributed by atoms with Gasteiger partial charge in [0.1, 0.15) is 11.5 Å². The molecule has 2 heterocycles. The van der Waals surface area contributed by atoms with Crippen LogP contribution in [0.2, 0.25) is 0 Å². The second-order valence-electron chi connectivity index (χ2n) is 8.07. The van der Waals surface area contributed by atoms with Gasteiger partial charge in [0.15, 0.2) is 5.82 Å². The number of amides is 1. The van der Waals surface area contributed by atoms with Crippen molar-refractivity contribution in [2.75, 3.05) is 5.32 Å². The lowest BCUT2D eigenvalue weighted by atomic mass is 9.98. The molecular weight excluding hydrogens is 453 g/mol. The number of aromatic nitrogens is 3. The first kappa shape index (κ1) is 22.3. The molecule has 0 aliphatic rings. The van der Waals surface area contributed by atoms with Crippen molar-refractivity contribution in [3.63, 3.8) is 0 Å². The van der Waals surface area contributed by atoms with Crippen LogP contribution in [0.4, 0.5) is 19.0 Å². The first-order valence-corrected chi connectivity index (χ1v) is 10.8. The molecule has 5 aromatic rings. The Morgan fingerprint density at radius 2 is 1.60 bits per heavy atom. The SMILES string of the molecule is Cc1cc(-c2ccc(C(F)(F)F)cc2)ccc1C(=O)Nc1cccc(-c2nc3ccccc3[nH]2)n1. The van der Waals surface area contributed by atoms with E-state index in [9.17, 15) is 18.0 Å². The van der Waals surface area contributed by atoms with E-state index in [1.807, 2.05) is 24.3 Å². The largest absolute Gasteiger partial charge is 0.416 e. The van der Waals surface area contributed by atoms with Gasteiger partial charge in [0.25, 0.3) is 5.91 Å². The molecule has 0 saturated carbocycles. The molecule has 0 aliphatic carbocycles. The highest BCUT2D eigenvalue weighted by atomic mass is 19.4. The van der Waals surface area contributed by atoms with Gasteiger partial charge in [-0.05, 0) is 66.1 Å². The molecule has 8 heteroatoms. The Morgan fingerprint density at radius 1 is 0.857 bits per heavy atom. The van der Waals surface area contributed by atoms with E-state index in [4.69, 9.17) is 0 Å². The zero-order valence-electron chi connectivity index (χ0n) is 18.5. The fraction of sp³-hybridized carbons (Fsp3) is 0.0741. The van der Waals surface area contributed by atoms with Crippen LogP contribution in [0, 0.1) is 6.92 Å². The minimum Gasteiger partial charge on any atom is -0.337 e. The number of alkyl halides is 3. The number of aryl methyl sites for hydroxylation is 1. The number of nitrogens with zero attached hydrogens (tertiary/aromatic N) is 2. The number of benzene rings is 3. The normalized spacial score (nSPS) is 11.5. The molecule has 0 fully saturated rings. The molecule has 0 saturated heterocycles. The Morgan fingerprint density at radius 3 is 2.31 bits per heavy atom. The summed E-state index contributed by atoms with van der Waals surface area (Å²) in [5, 5.41) is 2.81. The number of pyridine rings is 1. The van der Waals surface area contributed by atoms with Gasteiger partial charge < -0.3 is 10.3 Å². The highest BCUT2D eigenvalue weighted by Gasteiger charge is 2.30. The van der Waals surface area contributed by atoms with Gasteiger partial charge in [-0.3, -0.25) is 4.79 Å². The number of imidazole rings is 1. The van der Waals surface area contributed by atoms with Crippen LogP contribution in [0.15, 0.2) is 84.9 Å². The minimum absolute atomic E-state index is 0.337. The maximum atomic E-state index is 12.9. The van der Waals surface area contributed by atoms with Crippen molar-refractivity contribution in [2.45, 2.75) is 13.1 Å². The highest BCUT2D eigenvalue weighted by molar-refractivity contribution is 6.05. The van der Waals surface area contributed by atoms with Crippen molar-refractivity contribution in [1.82, 2.24) is 15.0 Å². The zero-order chi connectivity index (χ0) is 24.6. The highest BCUT2D eigenvalue weighted by Crippen LogP contribution is 2.31. The number of rotatable bonds is 4. The van der Waals surface area contributed by atoms with Crippen LogP contribution in [0.25, 0.3) is 33.7 Å². The Kier molecular flexibility index (Phi) is 5.56. The number of aromatic amines is 1. The van der Waals surface area contributed by atoms with E-state index in [1.165, 1.54) is 12.1 Å². The Balaban J connectivity index is 1.35. The Hall–Kier alpha value is -4.46. The molecular formula is C27H19F3N4O. The average molecular weight is 472 g/mol. The first-order valence-electron chi connectivity index (χ1n) is 10.8. The summed E-state index contributed by atoms with van der Waals surface area (Å²) in [6.45, 7) is 1.78. The molecule has 0 aliphatic heterocycles. The van der Waals surface area contributed by atoms with Crippen LogP contribution >= 0.6 is 0 Å². The number of carbonyl (C=O) groups is 1. The van der Waals surface area contributed by atoms with E-state index in [0.717, 1.165) is 28.7 Å². The molecule has 5 nitrogen and oxygen atoms in total. The van der Waals surface area contributed by atoms with Gasteiger partial charge in [0.2, 0.25) is 0 Å². The summed E-state index contributed by atoms with van der Waals surface area (Å²) < 4.78 is 38.5. The molecule has 1 amide bonds. The van der Waals surface area contributed by atoms with Crippen molar-refractivity contribution < 1.29 is 18.0 Å². The van der Waals surface area contributed by atoms with E-state index in [2.05, 4.69) is 20.3 Å². The molecule has 35 heavy (non-hydrogen) atoms. The molecule has 0 radical (unpaired) electrons. The van der Waals surface area contributed by atoms with Crippen LogP contribution in [0.1, 0.15) is 21.5 Å².